The number of rotatable bonds is 4. The first-order chi connectivity index (χ1) is 10.4. The number of benzene rings is 1. The van der Waals surface area contributed by atoms with E-state index in [9.17, 15) is 13.2 Å². The van der Waals surface area contributed by atoms with E-state index >= 15 is 0 Å². The lowest BCUT2D eigenvalue weighted by Gasteiger charge is -2.34. The molecular weight excluding hydrogens is 302 g/mol. The number of aryl methyl sites for hydroxylation is 2. The van der Waals surface area contributed by atoms with Crippen LogP contribution in [0.15, 0.2) is 23.1 Å². The maximum Gasteiger partial charge on any atom is 0.243 e. The molecule has 1 heterocycles. The molecule has 1 N–H and O–H groups in total. The van der Waals surface area contributed by atoms with Gasteiger partial charge in [-0.3, -0.25) is 4.79 Å². The van der Waals surface area contributed by atoms with Crippen molar-refractivity contribution in [3.8, 4) is 0 Å². The van der Waals surface area contributed by atoms with Crippen LogP contribution >= 0.6 is 0 Å². The average Bonchev–Trinajstić information content (AvgIpc) is 2.50. The van der Waals surface area contributed by atoms with Gasteiger partial charge in [-0.15, -0.1) is 0 Å². The Kier molecular flexibility index (Phi) is 5.20. The fourth-order valence-electron chi connectivity index (χ4n) is 2.46. The Bertz CT molecular complexity index is 650. The molecule has 1 aromatic carbocycles. The third-order valence-corrected chi connectivity index (χ3v) is 5.93. The van der Waals surface area contributed by atoms with Gasteiger partial charge in [-0.25, -0.2) is 8.42 Å². The van der Waals surface area contributed by atoms with Gasteiger partial charge >= 0.3 is 0 Å². The van der Waals surface area contributed by atoms with Gasteiger partial charge < -0.3 is 10.2 Å². The molecule has 1 aliphatic heterocycles. The molecule has 0 aliphatic carbocycles. The molecule has 1 aliphatic rings. The molecule has 2 rings (SSSR count). The number of likely N-dealkylation sites (N-methyl/N-ethyl adjacent to an activating group) is 1. The summed E-state index contributed by atoms with van der Waals surface area (Å²) in [6.45, 7) is 5.69. The van der Waals surface area contributed by atoms with Crippen molar-refractivity contribution in [3.63, 3.8) is 0 Å². The Morgan fingerprint density at radius 3 is 2.32 bits per heavy atom. The van der Waals surface area contributed by atoms with E-state index in [0.29, 0.717) is 31.1 Å². The van der Waals surface area contributed by atoms with Crippen LogP contribution in [0.3, 0.4) is 0 Å². The first-order valence-corrected chi connectivity index (χ1v) is 8.80. The molecule has 0 unspecified atom stereocenters. The van der Waals surface area contributed by atoms with Crippen LogP contribution in [0.25, 0.3) is 0 Å². The van der Waals surface area contributed by atoms with E-state index in [2.05, 4.69) is 5.32 Å². The lowest BCUT2D eigenvalue weighted by Crippen LogP contribution is -2.52. The molecule has 0 bridgehead atoms. The zero-order chi connectivity index (χ0) is 16.3. The van der Waals surface area contributed by atoms with Crippen molar-refractivity contribution >= 4 is 15.9 Å². The molecule has 122 valence electrons. The van der Waals surface area contributed by atoms with Crippen LogP contribution in [0.1, 0.15) is 11.1 Å². The van der Waals surface area contributed by atoms with Gasteiger partial charge in [0, 0.05) is 26.2 Å². The van der Waals surface area contributed by atoms with E-state index in [1.807, 2.05) is 19.9 Å². The van der Waals surface area contributed by atoms with E-state index < -0.39 is 10.0 Å². The minimum atomic E-state index is -3.48. The van der Waals surface area contributed by atoms with Crippen molar-refractivity contribution in [2.24, 2.45) is 0 Å². The molecule has 0 atom stereocenters. The van der Waals surface area contributed by atoms with Gasteiger partial charge in [0.1, 0.15) is 0 Å². The molecule has 1 amide bonds. The van der Waals surface area contributed by atoms with Crippen LogP contribution in [0, 0.1) is 13.8 Å². The van der Waals surface area contributed by atoms with Crippen LogP contribution in [0.5, 0.6) is 0 Å². The molecular formula is C15H23N3O3S. The third kappa shape index (κ3) is 3.48. The van der Waals surface area contributed by atoms with Crippen LogP contribution in [0.2, 0.25) is 0 Å². The minimum Gasteiger partial charge on any atom is -0.339 e. The number of piperazine rings is 1. The predicted molar refractivity (Wildman–Crippen MR) is 85.2 cm³/mol. The average molecular weight is 325 g/mol. The second kappa shape index (κ2) is 6.76. The van der Waals surface area contributed by atoms with Crippen molar-refractivity contribution in [3.05, 3.63) is 29.3 Å². The number of nitrogens with one attached hydrogen (secondary N) is 1. The van der Waals surface area contributed by atoms with Crippen LogP contribution in [0.4, 0.5) is 0 Å². The first kappa shape index (κ1) is 16.9. The number of hydrogen-bond donors (Lipinski definition) is 1. The van der Waals surface area contributed by atoms with Gasteiger partial charge in [0.25, 0.3) is 0 Å². The number of nitrogens with zero attached hydrogens (tertiary/aromatic N) is 2. The molecule has 7 heteroatoms. The standard InChI is InChI=1S/C15H23N3O3S/c1-12-4-5-14(10-13(12)2)22(20,21)18-8-6-17(7-9-18)15(19)11-16-3/h4-5,10,16H,6-9,11H2,1-3H3. The van der Waals surface area contributed by atoms with Crippen LogP contribution in [-0.2, 0) is 14.8 Å². The molecule has 0 radical (unpaired) electrons. The highest BCUT2D eigenvalue weighted by Crippen LogP contribution is 2.20. The van der Waals surface area contributed by atoms with E-state index in [1.54, 1.807) is 24.1 Å². The number of carbonyl (C=O) groups is 1. The topological polar surface area (TPSA) is 69.7 Å². The summed E-state index contributed by atoms with van der Waals surface area (Å²) < 4.78 is 26.8. The smallest absolute Gasteiger partial charge is 0.243 e. The molecule has 1 aromatic rings. The van der Waals surface area contributed by atoms with E-state index in [1.165, 1.54) is 4.31 Å². The zero-order valence-corrected chi connectivity index (χ0v) is 14.1. The molecule has 1 fully saturated rings. The summed E-state index contributed by atoms with van der Waals surface area (Å²) in [5, 5.41) is 2.82. The summed E-state index contributed by atoms with van der Waals surface area (Å²) in [5.74, 6) is 0.00530. The van der Waals surface area contributed by atoms with Crippen LogP contribution < -0.4 is 5.32 Å². The zero-order valence-electron chi connectivity index (χ0n) is 13.3. The van der Waals surface area contributed by atoms with Crippen molar-refractivity contribution < 1.29 is 13.2 Å². The number of carbonyl (C=O) groups excluding carboxylic acids is 1. The van der Waals surface area contributed by atoms with E-state index in [4.69, 9.17) is 0 Å². The minimum absolute atomic E-state index is 0.00530. The SMILES string of the molecule is CNCC(=O)N1CCN(S(=O)(=O)c2ccc(C)c(C)c2)CC1. The fourth-order valence-corrected chi connectivity index (χ4v) is 3.97. The lowest BCUT2D eigenvalue weighted by molar-refractivity contribution is -0.131. The summed E-state index contributed by atoms with van der Waals surface area (Å²) in [6, 6.07) is 5.19. The normalized spacial score (nSPS) is 16.8. The van der Waals surface area contributed by atoms with Gasteiger partial charge in [-0.1, -0.05) is 6.07 Å². The number of sulfonamides is 1. The van der Waals surface area contributed by atoms with Crippen molar-refractivity contribution in [2.45, 2.75) is 18.7 Å². The quantitative estimate of drug-likeness (QED) is 0.867. The molecule has 0 spiro atoms. The number of hydrogen-bond acceptors (Lipinski definition) is 4. The summed E-state index contributed by atoms with van der Waals surface area (Å²) in [5.41, 5.74) is 2.03. The van der Waals surface area contributed by atoms with Gasteiger partial charge in [-0.2, -0.15) is 4.31 Å². The summed E-state index contributed by atoms with van der Waals surface area (Å²) in [6.07, 6.45) is 0. The second-order valence-corrected chi connectivity index (χ2v) is 7.50. The van der Waals surface area contributed by atoms with Gasteiger partial charge in [0.2, 0.25) is 15.9 Å². The first-order valence-electron chi connectivity index (χ1n) is 7.36. The van der Waals surface area contributed by atoms with Crippen molar-refractivity contribution in [1.29, 1.82) is 0 Å². The van der Waals surface area contributed by atoms with Crippen molar-refractivity contribution in [1.82, 2.24) is 14.5 Å². The fraction of sp³-hybridized carbons (Fsp3) is 0.533. The Balaban J connectivity index is 2.09. The summed E-state index contributed by atoms with van der Waals surface area (Å²) in [4.78, 5) is 13.8. The van der Waals surface area contributed by atoms with Crippen molar-refractivity contribution in [2.75, 3.05) is 39.8 Å². The molecule has 22 heavy (non-hydrogen) atoms. The van der Waals surface area contributed by atoms with Gasteiger partial charge in [0.05, 0.1) is 11.4 Å². The predicted octanol–water partition coefficient (Wildman–Crippen LogP) is 0.356. The Labute approximate surface area is 132 Å². The van der Waals surface area contributed by atoms with Gasteiger partial charge in [-0.05, 0) is 44.2 Å². The maximum absolute atomic E-state index is 12.7. The van der Waals surface area contributed by atoms with Crippen LogP contribution in [-0.4, -0.2) is 63.3 Å². The monoisotopic (exact) mass is 325 g/mol. The van der Waals surface area contributed by atoms with E-state index in [0.717, 1.165) is 11.1 Å². The molecule has 0 saturated carbocycles. The van der Waals surface area contributed by atoms with E-state index in [-0.39, 0.29) is 12.5 Å². The largest absolute Gasteiger partial charge is 0.339 e. The molecule has 1 saturated heterocycles. The Morgan fingerprint density at radius 1 is 1.14 bits per heavy atom. The Hall–Kier alpha value is -1.44. The highest BCUT2D eigenvalue weighted by atomic mass is 32.2. The molecule has 6 nitrogen and oxygen atoms in total. The highest BCUT2D eigenvalue weighted by Gasteiger charge is 2.29. The maximum atomic E-state index is 12.7. The Morgan fingerprint density at radius 2 is 1.77 bits per heavy atom. The second-order valence-electron chi connectivity index (χ2n) is 5.56. The number of amides is 1. The third-order valence-electron chi connectivity index (χ3n) is 4.04. The van der Waals surface area contributed by atoms with Gasteiger partial charge in [0.15, 0.2) is 0 Å². The highest BCUT2D eigenvalue weighted by molar-refractivity contribution is 7.89. The molecule has 0 aromatic heterocycles. The summed E-state index contributed by atoms with van der Waals surface area (Å²) in [7, 11) is -1.76. The lowest BCUT2D eigenvalue weighted by atomic mass is 10.1. The summed E-state index contributed by atoms with van der Waals surface area (Å²) >= 11 is 0.